The maximum Gasteiger partial charge on any atom is 0.164 e. The Morgan fingerprint density at radius 1 is 0.268 bits per heavy atom. The fourth-order valence-corrected chi connectivity index (χ4v) is 10.2. The number of hydrogen-bond acceptors (Lipinski definition) is 5. The molecule has 3 aromatic heterocycles. The van der Waals surface area contributed by atoms with E-state index in [1.54, 1.807) is 0 Å². The third kappa shape index (κ3) is 5.68. The van der Waals surface area contributed by atoms with Crippen LogP contribution in [0.5, 0.6) is 0 Å². The lowest BCUT2D eigenvalue weighted by Gasteiger charge is -2.12. The van der Waals surface area contributed by atoms with Crippen molar-refractivity contribution in [2.45, 2.75) is 0 Å². The van der Waals surface area contributed by atoms with Crippen LogP contribution in [0.2, 0.25) is 0 Å². The van der Waals surface area contributed by atoms with Gasteiger partial charge < -0.3 is 0 Å². The molecular weight excluding hydrogens is 719 g/mol. The Balaban J connectivity index is 1.05. The molecule has 0 N–H and O–H groups in total. The van der Waals surface area contributed by atoms with E-state index in [9.17, 15) is 0 Å². The van der Waals surface area contributed by atoms with E-state index in [4.69, 9.17) is 15.0 Å². The first kappa shape index (κ1) is 32.6. The first-order valence-corrected chi connectivity index (χ1v) is 20.3. The van der Waals surface area contributed by atoms with Crippen molar-refractivity contribution >= 4 is 63.0 Å². The van der Waals surface area contributed by atoms with Crippen LogP contribution >= 0.6 is 22.7 Å². The van der Waals surface area contributed by atoms with Gasteiger partial charge in [-0.05, 0) is 69.8 Å². The van der Waals surface area contributed by atoms with Gasteiger partial charge in [-0.3, -0.25) is 0 Å². The summed E-state index contributed by atoms with van der Waals surface area (Å²) in [6.45, 7) is 0. The summed E-state index contributed by atoms with van der Waals surface area (Å²) >= 11 is 3.68. The molecule has 0 aliphatic rings. The molecule has 0 saturated heterocycles. The van der Waals surface area contributed by atoms with E-state index in [-0.39, 0.29) is 0 Å². The van der Waals surface area contributed by atoms with Gasteiger partial charge in [0.25, 0.3) is 0 Å². The highest BCUT2D eigenvalue weighted by Crippen LogP contribution is 2.42. The van der Waals surface area contributed by atoms with E-state index in [1.807, 2.05) is 28.7 Å². The second kappa shape index (κ2) is 13.5. The van der Waals surface area contributed by atoms with Crippen molar-refractivity contribution in [1.29, 1.82) is 0 Å². The third-order valence-electron chi connectivity index (χ3n) is 10.6. The van der Waals surface area contributed by atoms with Crippen LogP contribution in [0.3, 0.4) is 0 Å². The normalized spacial score (nSPS) is 11.6. The lowest BCUT2D eigenvalue weighted by molar-refractivity contribution is 1.07. The molecule has 0 saturated carbocycles. The number of fused-ring (bicyclic) bond motifs is 6. The van der Waals surface area contributed by atoms with Crippen LogP contribution in [-0.2, 0) is 0 Å². The molecule has 3 nitrogen and oxygen atoms in total. The van der Waals surface area contributed by atoms with Crippen molar-refractivity contribution in [2.24, 2.45) is 0 Å². The minimum atomic E-state index is 0.636. The van der Waals surface area contributed by atoms with Gasteiger partial charge in [-0.1, -0.05) is 152 Å². The molecule has 0 aliphatic carbocycles. The Kier molecular flexibility index (Phi) is 7.87. The fourth-order valence-electron chi connectivity index (χ4n) is 7.89. The van der Waals surface area contributed by atoms with E-state index in [1.165, 1.54) is 51.5 Å². The van der Waals surface area contributed by atoms with E-state index in [0.717, 1.165) is 38.9 Å². The van der Waals surface area contributed by atoms with Crippen LogP contribution in [0, 0.1) is 0 Å². The van der Waals surface area contributed by atoms with Crippen molar-refractivity contribution in [2.75, 3.05) is 0 Å². The second-order valence-electron chi connectivity index (χ2n) is 14.0. The van der Waals surface area contributed by atoms with Crippen LogP contribution < -0.4 is 0 Å². The first-order chi connectivity index (χ1) is 27.7. The van der Waals surface area contributed by atoms with E-state index in [2.05, 4.69) is 182 Å². The van der Waals surface area contributed by atoms with Crippen LogP contribution in [0.25, 0.3) is 108 Å². The van der Waals surface area contributed by atoms with E-state index >= 15 is 0 Å². The molecule has 0 fully saturated rings. The molecular formula is C51H31N3S2. The molecule has 11 rings (SSSR count). The van der Waals surface area contributed by atoms with Crippen LogP contribution in [0.15, 0.2) is 188 Å². The summed E-state index contributed by atoms with van der Waals surface area (Å²) in [5.41, 5.74) is 9.81. The first-order valence-electron chi connectivity index (χ1n) is 18.7. The number of thiophene rings is 2. The van der Waals surface area contributed by atoms with Gasteiger partial charge in [0.2, 0.25) is 0 Å². The zero-order valence-corrected chi connectivity index (χ0v) is 31.7. The smallest absolute Gasteiger partial charge is 0.164 e. The second-order valence-corrected chi connectivity index (χ2v) is 16.1. The molecule has 0 bridgehead atoms. The molecule has 11 aromatic rings. The Morgan fingerprint density at radius 2 is 0.679 bits per heavy atom. The summed E-state index contributed by atoms with van der Waals surface area (Å²) < 4.78 is 5.17. The predicted molar refractivity (Wildman–Crippen MR) is 238 cm³/mol. The molecule has 56 heavy (non-hydrogen) atoms. The lowest BCUT2D eigenvalue weighted by Crippen LogP contribution is -2.00. The van der Waals surface area contributed by atoms with Gasteiger partial charge in [-0.2, -0.15) is 0 Å². The summed E-state index contributed by atoms with van der Waals surface area (Å²) in [4.78, 5) is 15.5. The van der Waals surface area contributed by atoms with Gasteiger partial charge in [-0.15, -0.1) is 22.7 Å². The molecule has 3 heterocycles. The van der Waals surface area contributed by atoms with Crippen molar-refractivity contribution in [3.8, 4) is 67.5 Å². The standard InChI is InChI=1S/C51H31N3S2/c1-2-12-32(13-3-1)35-14-8-16-37(30-35)50-52-49(34-28-26-33(27-29-34)39-20-10-24-45-47(39)41-18-4-6-22-43(41)55-45)53-51(54-50)38-17-9-15-36(31-38)40-21-11-25-46-48(40)42-19-5-7-23-44(42)56-46/h1-31H. The Morgan fingerprint density at radius 3 is 1.29 bits per heavy atom. The lowest BCUT2D eigenvalue weighted by atomic mass is 9.97. The van der Waals surface area contributed by atoms with Gasteiger partial charge in [0.1, 0.15) is 0 Å². The minimum absolute atomic E-state index is 0.636. The van der Waals surface area contributed by atoms with E-state index < -0.39 is 0 Å². The molecule has 262 valence electrons. The Hall–Kier alpha value is -6.79. The Labute approximate surface area is 331 Å². The van der Waals surface area contributed by atoms with Crippen molar-refractivity contribution in [3.63, 3.8) is 0 Å². The summed E-state index contributed by atoms with van der Waals surface area (Å²) in [6.07, 6.45) is 0. The van der Waals surface area contributed by atoms with Crippen LogP contribution in [0.1, 0.15) is 0 Å². The highest BCUT2D eigenvalue weighted by Gasteiger charge is 2.17. The minimum Gasteiger partial charge on any atom is -0.208 e. The molecule has 8 aromatic carbocycles. The molecule has 0 spiro atoms. The van der Waals surface area contributed by atoms with Gasteiger partial charge in [0, 0.05) is 57.0 Å². The average Bonchev–Trinajstić information content (AvgIpc) is 3.86. The molecule has 0 aliphatic heterocycles. The van der Waals surface area contributed by atoms with Gasteiger partial charge in [0.05, 0.1) is 0 Å². The number of rotatable bonds is 6. The third-order valence-corrected chi connectivity index (χ3v) is 12.8. The zero-order valence-electron chi connectivity index (χ0n) is 30.1. The quantitative estimate of drug-likeness (QED) is 0.170. The SMILES string of the molecule is c1ccc(-c2cccc(-c3nc(-c4ccc(-c5cccc6sc7ccccc7c56)cc4)nc(-c4cccc(-c5cccc6sc7ccccc7c56)c4)n3)c2)cc1. The molecule has 0 atom stereocenters. The maximum absolute atomic E-state index is 5.18. The Bertz CT molecular complexity index is 3250. The largest absolute Gasteiger partial charge is 0.208 e. The number of benzene rings is 8. The fraction of sp³-hybridized carbons (Fsp3) is 0. The van der Waals surface area contributed by atoms with Gasteiger partial charge in [-0.25, -0.2) is 15.0 Å². The van der Waals surface area contributed by atoms with Crippen molar-refractivity contribution in [3.05, 3.63) is 188 Å². The number of nitrogens with zero attached hydrogens (tertiary/aromatic N) is 3. The van der Waals surface area contributed by atoms with Crippen molar-refractivity contribution in [1.82, 2.24) is 15.0 Å². The van der Waals surface area contributed by atoms with Crippen LogP contribution in [0.4, 0.5) is 0 Å². The monoisotopic (exact) mass is 749 g/mol. The van der Waals surface area contributed by atoms with Gasteiger partial charge >= 0.3 is 0 Å². The predicted octanol–water partition coefficient (Wildman–Crippen LogP) is 14.6. The summed E-state index contributed by atoms with van der Waals surface area (Å²) in [5.74, 6) is 1.91. The summed E-state index contributed by atoms with van der Waals surface area (Å²) in [6, 6.07) is 66.8. The maximum atomic E-state index is 5.18. The zero-order chi connectivity index (χ0) is 37.0. The summed E-state index contributed by atoms with van der Waals surface area (Å²) in [5, 5.41) is 5.16. The number of aromatic nitrogens is 3. The van der Waals surface area contributed by atoms with Gasteiger partial charge in [0.15, 0.2) is 17.5 Å². The topological polar surface area (TPSA) is 38.7 Å². The summed E-state index contributed by atoms with van der Waals surface area (Å²) in [7, 11) is 0. The van der Waals surface area contributed by atoms with E-state index in [0.29, 0.717) is 17.5 Å². The van der Waals surface area contributed by atoms with Crippen LogP contribution in [-0.4, -0.2) is 15.0 Å². The highest BCUT2D eigenvalue weighted by molar-refractivity contribution is 7.26. The highest BCUT2D eigenvalue weighted by atomic mass is 32.1. The number of hydrogen-bond donors (Lipinski definition) is 0. The molecule has 0 amide bonds. The molecule has 5 heteroatoms. The average molecular weight is 750 g/mol. The van der Waals surface area contributed by atoms with Crippen molar-refractivity contribution < 1.29 is 0 Å². The molecule has 0 unspecified atom stereocenters. The molecule has 0 radical (unpaired) electrons.